The minimum absolute atomic E-state index is 0.109. The van der Waals surface area contributed by atoms with E-state index in [1.165, 1.54) is 19.4 Å². The predicted octanol–water partition coefficient (Wildman–Crippen LogP) is 2.16. The van der Waals surface area contributed by atoms with Gasteiger partial charge in [-0.1, -0.05) is 30.3 Å². The van der Waals surface area contributed by atoms with E-state index in [1.807, 2.05) is 0 Å². The number of amides is 1. The number of carboxylic acid groups (broad SMARTS) is 1. The molecular formula is C16H14N2O4. The molecule has 6 nitrogen and oxygen atoms in total. The third kappa shape index (κ3) is 3.49. The number of benzene rings is 2. The lowest BCUT2D eigenvalue weighted by Gasteiger charge is -2.06. The monoisotopic (exact) mass is 298 g/mol. The fourth-order valence-electron chi connectivity index (χ4n) is 1.86. The van der Waals surface area contributed by atoms with Crippen LogP contribution in [0.4, 0.5) is 0 Å². The van der Waals surface area contributed by atoms with Crippen molar-refractivity contribution in [2.45, 2.75) is 0 Å². The van der Waals surface area contributed by atoms with Crippen LogP contribution in [0.15, 0.2) is 53.6 Å². The largest absolute Gasteiger partial charge is 0.496 e. The number of carboxylic acids is 1. The Labute approximate surface area is 127 Å². The number of hydrogen-bond donors (Lipinski definition) is 2. The maximum Gasteiger partial charge on any atom is 0.336 e. The molecular weight excluding hydrogens is 284 g/mol. The number of nitrogens with zero attached hydrogens (tertiary/aromatic N) is 1. The number of carbonyl (C=O) groups excluding carboxylic acids is 1. The Hall–Kier alpha value is -3.15. The van der Waals surface area contributed by atoms with Crippen LogP contribution in [-0.4, -0.2) is 30.3 Å². The number of methoxy groups -OCH3 is 1. The molecule has 22 heavy (non-hydrogen) atoms. The lowest BCUT2D eigenvalue weighted by atomic mass is 10.1. The van der Waals surface area contributed by atoms with Crippen molar-refractivity contribution in [1.29, 1.82) is 0 Å². The van der Waals surface area contributed by atoms with Gasteiger partial charge in [0.2, 0.25) is 0 Å². The summed E-state index contributed by atoms with van der Waals surface area (Å²) in [5, 5.41) is 12.8. The molecule has 1 amide bonds. The predicted molar refractivity (Wildman–Crippen MR) is 81.5 cm³/mol. The van der Waals surface area contributed by atoms with Crippen LogP contribution in [0, 0.1) is 0 Å². The quantitative estimate of drug-likeness (QED) is 0.654. The zero-order valence-corrected chi connectivity index (χ0v) is 11.8. The zero-order valence-electron chi connectivity index (χ0n) is 11.8. The second-order valence-corrected chi connectivity index (χ2v) is 4.29. The fourth-order valence-corrected chi connectivity index (χ4v) is 1.86. The average Bonchev–Trinajstić information content (AvgIpc) is 2.55. The molecule has 0 bridgehead atoms. The summed E-state index contributed by atoms with van der Waals surface area (Å²) < 4.78 is 5.09. The minimum atomic E-state index is -1.06. The maximum absolute atomic E-state index is 12.0. The van der Waals surface area contributed by atoms with Crippen molar-refractivity contribution in [3.05, 3.63) is 65.2 Å². The molecule has 0 saturated carbocycles. The second-order valence-electron chi connectivity index (χ2n) is 4.29. The van der Waals surface area contributed by atoms with Gasteiger partial charge >= 0.3 is 5.97 Å². The highest BCUT2D eigenvalue weighted by Crippen LogP contribution is 2.16. The van der Waals surface area contributed by atoms with Gasteiger partial charge < -0.3 is 9.84 Å². The van der Waals surface area contributed by atoms with Gasteiger partial charge in [-0.25, -0.2) is 10.2 Å². The van der Waals surface area contributed by atoms with E-state index in [0.717, 1.165) is 0 Å². The summed E-state index contributed by atoms with van der Waals surface area (Å²) in [6.07, 6.45) is 1.29. The molecule has 0 fully saturated rings. The van der Waals surface area contributed by atoms with Crippen molar-refractivity contribution in [3.8, 4) is 5.75 Å². The first-order valence-corrected chi connectivity index (χ1v) is 6.42. The second kappa shape index (κ2) is 7.03. The number of para-hydroxylation sites is 1. The molecule has 0 atom stereocenters. The summed E-state index contributed by atoms with van der Waals surface area (Å²) >= 11 is 0. The van der Waals surface area contributed by atoms with Crippen LogP contribution in [0.2, 0.25) is 0 Å². The number of aromatic carboxylic acids is 1. The van der Waals surface area contributed by atoms with Gasteiger partial charge in [0.15, 0.2) is 0 Å². The Balaban J connectivity index is 2.13. The molecule has 112 valence electrons. The van der Waals surface area contributed by atoms with Crippen molar-refractivity contribution in [1.82, 2.24) is 5.43 Å². The van der Waals surface area contributed by atoms with E-state index >= 15 is 0 Å². The minimum Gasteiger partial charge on any atom is -0.496 e. The van der Waals surface area contributed by atoms with Gasteiger partial charge in [-0.2, -0.15) is 5.10 Å². The van der Waals surface area contributed by atoms with Crippen molar-refractivity contribution in [2.24, 2.45) is 5.10 Å². The summed E-state index contributed by atoms with van der Waals surface area (Å²) in [4.78, 5) is 23.1. The third-order valence-electron chi connectivity index (χ3n) is 2.91. The molecule has 0 aliphatic heterocycles. The number of nitrogens with one attached hydrogen (secondary N) is 1. The van der Waals surface area contributed by atoms with Gasteiger partial charge in [0.25, 0.3) is 5.91 Å². The topological polar surface area (TPSA) is 88.0 Å². The zero-order chi connectivity index (χ0) is 15.9. The number of ether oxygens (including phenoxy) is 1. The van der Waals surface area contributed by atoms with Crippen molar-refractivity contribution >= 4 is 18.1 Å². The number of carbonyl (C=O) groups is 2. The van der Waals surface area contributed by atoms with Crippen LogP contribution in [0.5, 0.6) is 5.75 Å². The van der Waals surface area contributed by atoms with E-state index < -0.39 is 11.9 Å². The van der Waals surface area contributed by atoms with E-state index in [0.29, 0.717) is 16.9 Å². The van der Waals surface area contributed by atoms with Crippen LogP contribution in [0.3, 0.4) is 0 Å². The highest BCUT2D eigenvalue weighted by atomic mass is 16.5. The van der Waals surface area contributed by atoms with Gasteiger partial charge in [0.1, 0.15) is 5.75 Å². The van der Waals surface area contributed by atoms with Crippen molar-refractivity contribution in [2.75, 3.05) is 7.11 Å². The highest BCUT2D eigenvalue weighted by molar-refractivity contribution is 6.00. The molecule has 2 aromatic rings. The van der Waals surface area contributed by atoms with Crippen LogP contribution in [0.25, 0.3) is 0 Å². The highest BCUT2D eigenvalue weighted by Gasteiger charge is 2.10. The summed E-state index contributed by atoms with van der Waals surface area (Å²) in [6.45, 7) is 0. The fraction of sp³-hybridized carbons (Fsp3) is 0.0625. The third-order valence-corrected chi connectivity index (χ3v) is 2.91. The Bertz CT molecular complexity index is 726. The molecule has 6 heteroatoms. The number of rotatable bonds is 5. The SMILES string of the molecule is COc1ccccc1C(=O)N/N=C/c1ccccc1C(=O)O. The van der Waals surface area contributed by atoms with Gasteiger partial charge in [-0.3, -0.25) is 4.79 Å². The van der Waals surface area contributed by atoms with Crippen LogP contribution < -0.4 is 10.2 Å². The van der Waals surface area contributed by atoms with Gasteiger partial charge in [0.05, 0.1) is 24.5 Å². The summed E-state index contributed by atoms with van der Waals surface area (Å²) in [6, 6.07) is 13.1. The van der Waals surface area contributed by atoms with Crippen molar-refractivity contribution in [3.63, 3.8) is 0 Å². The van der Waals surface area contributed by atoms with Gasteiger partial charge in [-0.05, 0) is 18.2 Å². The lowest BCUT2D eigenvalue weighted by Crippen LogP contribution is -2.18. The molecule has 0 heterocycles. The van der Waals surface area contributed by atoms with E-state index in [2.05, 4.69) is 10.5 Å². The molecule has 0 aromatic heterocycles. The first-order chi connectivity index (χ1) is 10.6. The molecule has 2 N–H and O–H groups in total. The van der Waals surface area contributed by atoms with Gasteiger partial charge in [-0.15, -0.1) is 0 Å². The normalized spacial score (nSPS) is 10.4. The Morgan fingerprint density at radius 2 is 1.73 bits per heavy atom. The molecule has 0 aliphatic carbocycles. The van der Waals surface area contributed by atoms with Crippen LogP contribution >= 0.6 is 0 Å². The standard InChI is InChI=1S/C16H14N2O4/c1-22-14-9-5-4-8-13(14)15(19)18-17-10-11-6-2-3-7-12(11)16(20)21/h2-10H,1H3,(H,18,19)(H,20,21)/b17-10+. The smallest absolute Gasteiger partial charge is 0.336 e. The first-order valence-electron chi connectivity index (χ1n) is 6.42. The van der Waals surface area contributed by atoms with Crippen LogP contribution in [-0.2, 0) is 0 Å². The van der Waals surface area contributed by atoms with Crippen LogP contribution in [0.1, 0.15) is 26.3 Å². The number of hydrogen-bond acceptors (Lipinski definition) is 4. The number of hydrazone groups is 1. The summed E-state index contributed by atoms with van der Waals surface area (Å²) in [5.41, 5.74) is 3.19. The lowest BCUT2D eigenvalue weighted by molar-refractivity contribution is 0.0696. The molecule has 0 aliphatic rings. The average molecular weight is 298 g/mol. The molecule has 2 rings (SSSR count). The Kier molecular flexibility index (Phi) is 4.87. The summed E-state index contributed by atoms with van der Waals surface area (Å²) in [7, 11) is 1.47. The van der Waals surface area contributed by atoms with Crippen molar-refractivity contribution < 1.29 is 19.4 Å². The Morgan fingerprint density at radius 1 is 1.09 bits per heavy atom. The van der Waals surface area contributed by atoms with E-state index in [9.17, 15) is 9.59 Å². The Morgan fingerprint density at radius 3 is 2.41 bits per heavy atom. The first kappa shape index (κ1) is 15.2. The molecule has 0 unspecified atom stereocenters. The summed E-state index contributed by atoms with van der Waals surface area (Å²) in [5.74, 6) is -1.07. The molecule has 2 aromatic carbocycles. The van der Waals surface area contributed by atoms with E-state index in [4.69, 9.17) is 9.84 Å². The maximum atomic E-state index is 12.0. The molecule has 0 spiro atoms. The molecule has 0 saturated heterocycles. The molecule has 0 radical (unpaired) electrons. The van der Waals surface area contributed by atoms with E-state index in [1.54, 1.807) is 42.5 Å². The van der Waals surface area contributed by atoms with E-state index in [-0.39, 0.29) is 5.56 Å². The van der Waals surface area contributed by atoms with Gasteiger partial charge in [0, 0.05) is 5.56 Å².